The molecule has 7 heteroatoms. The second-order valence-electron chi connectivity index (χ2n) is 6.47. The van der Waals surface area contributed by atoms with E-state index < -0.39 is 5.91 Å². The standard InChI is InChI=1S/C23H17FN4O2/c24-19-10-6-16(7-11-19)22-18(15-28(27-22)20-4-2-1-3-5-20)14-25-26-23(30)17-8-12-21(29)13-9-17/h1-15,29H,(H,26,30)/b25-14-. The smallest absolute Gasteiger partial charge is 0.271 e. The van der Waals surface area contributed by atoms with Crippen molar-refractivity contribution in [2.45, 2.75) is 0 Å². The molecule has 0 radical (unpaired) electrons. The van der Waals surface area contributed by atoms with Gasteiger partial charge in [0.15, 0.2) is 0 Å². The zero-order chi connectivity index (χ0) is 20.9. The fourth-order valence-electron chi connectivity index (χ4n) is 2.86. The number of para-hydroxylation sites is 1. The van der Waals surface area contributed by atoms with Gasteiger partial charge in [0.25, 0.3) is 5.91 Å². The summed E-state index contributed by atoms with van der Waals surface area (Å²) in [5.74, 6) is -0.671. The third kappa shape index (κ3) is 4.25. The average Bonchev–Trinajstić information content (AvgIpc) is 3.19. The zero-order valence-electron chi connectivity index (χ0n) is 15.7. The van der Waals surface area contributed by atoms with Crippen LogP contribution in [-0.2, 0) is 0 Å². The molecule has 1 heterocycles. The van der Waals surface area contributed by atoms with Crippen molar-refractivity contribution in [2.24, 2.45) is 5.10 Å². The number of hydrogen-bond acceptors (Lipinski definition) is 4. The lowest BCUT2D eigenvalue weighted by atomic mass is 10.1. The summed E-state index contributed by atoms with van der Waals surface area (Å²) in [5, 5.41) is 18.0. The second kappa shape index (κ2) is 8.40. The molecule has 0 fully saturated rings. The van der Waals surface area contributed by atoms with Crippen molar-refractivity contribution in [3.05, 3.63) is 102 Å². The van der Waals surface area contributed by atoms with Gasteiger partial charge in [-0.1, -0.05) is 18.2 Å². The van der Waals surface area contributed by atoms with Crippen LogP contribution in [-0.4, -0.2) is 27.0 Å². The predicted octanol–water partition coefficient (Wildman–Crippen LogP) is 4.15. The van der Waals surface area contributed by atoms with Crippen molar-refractivity contribution < 1.29 is 14.3 Å². The average molecular weight is 400 g/mol. The minimum Gasteiger partial charge on any atom is -0.508 e. The van der Waals surface area contributed by atoms with E-state index in [0.717, 1.165) is 11.3 Å². The number of aromatic nitrogens is 2. The molecule has 4 aromatic rings. The van der Waals surface area contributed by atoms with Gasteiger partial charge in [-0.3, -0.25) is 4.79 Å². The van der Waals surface area contributed by atoms with Gasteiger partial charge in [0.2, 0.25) is 0 Å². The minimum absolute atomic E-state index is 0.0762. The van der Waals surface area contributed by atoms with Gasteiger partial charge in [-0.25, -0.2) is 14.5 Å². The first kappa shape index (κ1) is 19.1. The van der Waals surface area contributed by atoms with Crippen molar-refractivity contribution in [1.82, 2.24) is 15.2 Å². The number of hydrogen-bond donors (Lipinski definition) is 2. The van der Waals surface area contributed by atoms with Crippen molar-refractivity contribution in [3.8, 4) is 22.7 Å². The number of carbonyl (C=O) groups excluding carboxylic acids is 1. The maximum absolute atomic E-state index is 13.3. The molecule has 0 unspecified atom stereocenters. The summed E-state index contributed by atoms with van der Waals surface area (Å²) in [6.45, 7) is 0. The van der Waals surface area contributed by atoms with Crippen LogP contribution in [0.2, 0.25) is 0 Å². The molecule has 0 atom stereocenters. The molecular weight excluding hydrogens is 383 g/mol. The van der Waals surface area contributed by atoms with Crippen LogP contribution in [0, 0.1) is 5.82 Å². The van der Waals surface area contributed by atoms with Crippen LogP contribution < -0.4 is 5.43 Å². The van der Waals surface area contributed by atoms with Crippen LogP contribution >= 0.6 is 0 Å². The molecule has 0 spiro atoms. The van der Waals surface area contributed by atoms with E-state index in [4.69, 9.17) is 0 Å². The summed E-state index contributed by atoms with van der Waals surface area (Å²) in [6, 6.07) is 21.4. The van der Waals surface area contributed by atoms with Crippen LogP contribution in [0.3, 0.4) is 0 Å². The number of rotatable bonds is 5. The molecule has 3 aromatic carbocycles. The van der Waals surface area contributed by atoms with Crippen LogP contribution in [0.15, 0.2) is 90.2 Å². The number of phenols is 1. The Bertz CT molecular complexity index is 1180. The third-order valence-corrected chi connectivity index (χ3v) is 4.38. The molecule has 148 valence electrons. The highest BCUT2D eigenvalue weighted by Crippen LogP contribution is 2.23. The molecule has 0 aliphatic carbocycles. The number of halogens is 1. The van der Waals surface area contributed by atoms with Crippen LogP contribution in [0.5, 0.6) is 5.75 Å². The number of hydrazone groups is 1. The Labute approximate surface area is 171 Å². The third-order valence-electron chi connectivity index (χ3n) is 4.38. The van der Waals surface area contributed by atoms with Gasteiger partial charge in [0, 0.05) is 22.9 Å². The summed E-state index contributed by atoms with van der Waals surface area (Å²) < 4.78 is 15.0. The summed E-state index contributed by atoms with van der Waals surface area (Å²) in [5.41, 5.74) is 5.64. The second-order valence-corrected chi connectivity index (χ2v) is 6.47. The van der Waals surface area contributed by atoms with Gasteiger partial charge in [0.05, 0.1) is 11.9 Å². The molecular formula is C23H17FN4O2. The molecule has 1 amide bonds. The molecule has 6 nitrogen and oxygen atoms in total. The normalized spacial score (nSPS) is 11.0. The lowest BCUT2D eigenvalue weighted by Crippen LogP contribution is -2.17. The van der Waals surface area contributed by atoms with Crippen LogP contribution in [0.4, 0.5) is 4.39 Å². The maximum Gasteiger partial charge on any atom is 0.271 e. The number of amides is 1. The van der Waals surface area contributed by atoms with Crippen molar-refractivity contribution in [3.63, 3.8) is 0 Å². The van der Waals surface area contributed by atoms with Gasteiger partial charge in [-0.05, 0) is 60.7 Å². The van der Waals surface area contributed by atoms with E-state index in [1.54, 1.807) is 23.0 Å². The van der Waals surface area contributed by atoms with Crippen LogP contribution in [0.25, 0.3) is 16.9 Å². The first-order valence-electron chi connectivity index (χ1n) is 9.13. The fourth-order valence-corrected chi connectivity index (χ4v) is 2.86. The number of benzene rings is 3. The lowest BCUT2D eigenvalue weighted by molar-refractivity contribution is 0.0955. The molecule has 0 aliphatic heterocycles. The first-order chi connectivity index (χ1) is 14.6. The Hall–Kier alpha value is -4.26. The summed E-state index contributed by atoms with van der Waals surface area (Å²) >= 11 is 0. The van der Waals surface area contributed by atoms with E-state index in [0.29, 0.717) is 16.8 Å². The highest BCUT2D eigenvalue weighted by molar-refractivity contribution is 5.95. The monoisotopic (exact) mass is 400 g/mol. The highest BCUT2D eigenvalue weighted by atomic mass is 19.1. The van der Waals surface area contributed by atoms with Gasteiger partial charge in [-0.15, -0.1) is 0 Å². The molecule has 2 N–H and O–H groups in total. The molecule has 0 aliphatic rings. The minimum atomic E-state index is -0.412. The number of phenolic OH excluding ortho intramolecular Hbond substituents is 1. The van der Waals surface area contributed by atoms with Gasteiger partial charge in [0.1, 0.15) is 17.3 Å². The Kier molecular flexibility index (Phi) is 5.34. The van der Waals surface area contributed by atoms with Gasteiger partial charge < -0.3 is 5.11 Å². The molecule has 4 rings (SSSR count). The van der Waals surface area contributed by atoms with Crippen molar-refractivity contribution in [2.75, 3.05) is 0 Å². The Morgan fingerprint density at radius 2 is 1.70 bits per heavy atom. The van der Waals surface area contributed by atoms with E-state index in [-0.39, 0.29) is 11.6 Å². The quantitative estimate of drug-likeness (QED) is 0.390. The lowest BCUT2D eigenvalue weighted by Gasteiger charge is -2.01. The Morgan fingerprint density at radius 3 is 2.40 bits per heavy atom. The highest BCUT2D eigenvalue weighted by Gasteiger charge is 2.12. The molecule has 1 aromatic heterocycles. The fraction of sp³-hybridized carbons (Fsp3) is 0. The molecule has 30 heavy (non-hydrogen) atoms. The van der Waals surface area contributed by atoms with Gasteiger partial charge in [-0.2, -0.15) is 10.2 Å². The summed E-state index contributed by atoms with van der Waals surface area (Å²) in [7, 11) is 0. The van der Waals surface area contributed by atoms with Crippen molar-refractivity contribution >= 4 is 12.1 Å². The first-order valence-corrected chi connectivity index (χ1v) is 9.13. The van der Waals surface area contributed by atoms with E-state index in [2.05, 4.69) is 15.6 Å². The van der Waals surface area contributed by atoms with E-state index in [1.165, 1.54) is 42.6 Å². The van der Waals surface area contributed by atoms with E-state index in [1.807, 2.05) is 30.3 Å². The van der Waals surface area contributed by atoms with E-state index in [9.17, 15) is 14.3 Å². The SMILES string of the molecule is O=C(N/N=C\c1cn(-c2ccccc2)nc1-c1ccc(F)cc1)c1ccc(O)cc1. The van der Waals surface area contributed by atoms with Crippen molar-refractivity contribution in [1.29, 1.82) is 0 Å². The van der Waals surface area contributed by atoms with E-state index >= 15 is 0 Å². The Morgan fingerprint density at radius 1 is 1.00 bits per heavy atom. The topological polar surface area (TPSA) is 79.5 Å². The summed E-state index contributed by atoms with van der Waals surface area (Å²) in [6.07, 6.45) is 3.27. The number of aromatic hydroxyl groups is 1. The Balaban J connectivity index is 1.63. The number of carbonyl (C=O) groups is 1. The number of nitrogens with one attached hydrogen (secondary N) is 1. The number of nitrogens with zero attached hydrogens (tertiary/aromatic N) is 3. The van der Waals surface area contributed by atoms with Crippen LogP contribution in [0.1, 0.15) is 15.9 Å². The largest absolute Gasteiger partial charge is 0.508 e. The predicted molar refractivity (Wildman–Crippen MR) is 112 cm³/mol. The zero-order valence-corrected chi connectivity index (χ0v) is 15.7. The molecule has 0 saturated heterocycles. The molecule has 0 saturated carbocycles. The maximum atomic E-state index is 13.3. The summed E-state index contributed by atoms with van der Waals surface area (Å²) in [4.78, 5) is 12.2. The van der Waals surface area contributed by atoms with Gasteiger partial charge >= 0.3 is 0 Å². The molecule has 0 bridgehead atoms.